The van der Waals surface area contributed by atoms with Crippen molar-refractivity contribution in [3.8, 4) is 16.9 Å². The van der Waals surface area contributed by atoms with Gasteiger partial charge in [-0.2, -0.15) is 0 Å². The van der Waals surface area contributed by atoms with Crippen molar-refractivity contribution < 1.29 is 0 Å². The maximum absolute atomic E-state index is 5.46. The molecule has 0 fully saturated rings. The zero-order valence-electron chi connectivity index (χ0n) is 27.7. The minimum Gasteiger partial charge on any atom is -0.360 e. The van der Waals surface area contributed by atoms with Crippen molar-refractivity contribution in [3.63, 3.8) is 0 Å². The van der Waals surface area contributed by atoms with Gasteiger partial charge < -0.3 is 9.88 Å². The Labute approximate surface area is 295 Å². The number of rotatable bonds is 5. The van der Waals surface area contributed by atoms with E-state index in [1.54, 1.807) is 0 Å². The molecule has 3 heterocycles. The molecule has 1 atom stereocenters. The fourth-order valence-electron chi connectivity index (χ4n) is 7.71. The van der Waals surface area contributed by atoms with Crippen LogP contribution in [0.2, 0.25) is 0 Å². The largest absolute Gasteiger partial charge is 0.360 e. The number of allylic oxidation sites excluding steroid dienone is 1. The zero-order chi connectivity index (χ0) is 33.7. The maximum atomic E-state index is 5.46. The lowest BCUT2D eigenvalue weighted by Gasteiger charge is -2.25. The Hall–Kier alpha value is -6.78. The van der Waals surface area contributed by atoms with Crippen molar-refractivity contribution in [2.75, 3.05) is 0 Å². The van der Waals surface area contributed by atoms with E-state index in [1.165, 1.54) is 10.9 Å². The standard InChI is InChI=1S/C47H32N4/c1-4-16-31(17-5-1)41-30-42(50-47(49-41)32-18-6-2-7-19-32)36-28-29-37(35-23-11-10-22-34(35)36)45-44-39-25-13-15-27-43(39)51(33-20-8-3-9-21-33)46(44)38-24-12-14-26-40(38)48-45/h1-30,47,49H. The monoisotopic (exact) mass is 652 g/mol. The predicted octanol–water partition coefficient (Wildman–Crippen LogP) is 11.3. The van der Waals surface area contributed by atoms with Crippen LogP contribution in [-0.2, 0) is 0 Å². The van der Waals surface area contributed by atoms with Crippen molar-refractivity contribution in [1.82, 2.24) is 14.9 Å². The second kappa shape index (κ2) is 12.0. The molecule has 4 heteroatoms. The molecule has 1 aliphatic heterocycles. The van der Waals surface area contributed by atoms with Gasteiger partial charge in [-0.1, -0.05) is 152 Å². The number of nitrogens with one attached hydrogen (secondary N) is 1. The fraction of sp³-hybridized carbons (Fsp3) is 0.0213. The normalized spacial score (nSPS) is 14.5. The topological polar surface area (TPSA) is 42.2 Å². The summed E-state index contributed by atoms with van der Waals surface area (Å²) in [4.78, 5) is 10.8. The zero-order valence-corrected chi connectivity index (χ0v) is 27.7. The molecular formula is C47H32N4. The summed E-state index contributed by atoms with van der Waals surface area (Å²) >= 11 is 0. The van der Waals surface area contributed by atoms with E-state index < -0.39 is 0 Å². The lowest BCUT2D eigenvalue weighted by molar-refractivity contribution is 0.664. The molecular weight excluding hydrogens is 621 g/mol. The molecule has 240 valence electrons. The van der Waals surface area contributed by atoms with Crippen molar-refractivity contribution in [3.05, 3.63) is 199 Å². The number of aromatic nitrogens is 2. The van der Waals surface area contributed by atoms with Gasteiger partial charge in [0.15, 0.2) is 0 Å². The highest BCUT2D eigenvalue weighted by Crippen LogP contribution is 2.43. The van der Waals surface area contributed by atoms with E-state index >= 15 is 0 Å². The lowest BCUT2D eigenvalue weighted by atomic mass is 9.92. The third-order valence-corrected chi connectivity index (χ3v) is 10.0. The van der Waals surface area contributed by atoms with Crippen LogP contribution in [0.25, 0.3) is 66.1 Å². The number of hydrogen-bond donors (Lipinski definition) is 1. The minimum atomic E-state index is -0.217. The second-order valence-electron chi connectivity index (χ2n) is 13.0. The van der Waals surface area contributed by atoms with Crippen LogP contribution in [0.15, 0.2) is 187 Å². The van der Waals surface area contributed by atoms with Crippen LogP contribution >= 0.6 is 0 Å². The Balaban J connectivity index is 1.24. The predicted molar refractivity (Wildman–Crippen MR) is 212 cm³/mol. The van der Waals surface area contributed by atoms with E-state index in [4.69, 9.17) is 9.98 Å². The number of para-hydroxylation sites is 3. The van der Waals surface area contributed by atoms with Gasteiger partial charge in [0.1, 0.15) is 6.17 Å². The van der Waals surface area contributed by atoms with Gasteiger partial charge in [0.2, 0.25) is 0 Å². The van der Waals surface area contributed by atoms with E-state index in [2.05, 4.69) is 186 Å². The molecule has 9 aromatic rings. The third-order valence-electron chi connectivity index (χ3n) is 10.0. The van der Waals surface area contributed by atoms with Crippen molar-refractivity contribution >= 4 is 54.9 Å². The van der Waals surface area contributed by atoms with E-state index in [0.29, 0.717) is 0 Å². The average molecular weight is 653 g/mol. The van der Waals surface area contributed by atoms with Gasteiger partial charge in [-0.05, 0) is 52.2 Å². The minimum absolute atomic E-state index is 0.217. The lowest BCUT2D eigenvalue weighted by Crippen LogP contribution is -2.24. The maximum Gasteiger partial charge on any atom is 0.145 e. The molecule has 0 spiro atoms. The first kappa shape index (κ1) is 29.2. The van der Waals surface area contributed by atoms with E-state index in [-0.39, 0.29) is 6.17 Å². The molecule has 0 amide bonds. The summed E-state index contributed by atoms with van der Waals surface area (Å²) in [7, 11) is 0. The SMILES string of the molecule is C1=C(c2ccccc2)NC(c2ccccc2)N=C1c1ccc(-c2nc3ccccc3c3c2c2ccccc2n3-c2ccccc2)c2ccccc12. The number of aliphatic imine (C=N–C) groups is 1. The van der Waals surface area contributed by atoms with Crippen LogP contribution in [0.3, 0.4) is 0 Å². The number of fused-ring (bicyclic) bond motifs is 6. The molecule has 0 aliphatic carbocycles. The van der Waals surface area contributed by atoms with Gasteiger partial charge in [0, 0.05) is 38.7 Å². The van der Waals surface area contributed by atoms with Crippen LogP contribution in [0.1, 0.15) is 22.9 Å². The molecule has 0 bridgehead atoms. The van der Waals surface area contributed by atoms with Crippen LogP contribution in [-0.4, -0.2) is 15.3 Å². The smallest absolute Gasteiger partial charge is 0.145 e. The van der Waals surface area contributed by atoms with E-state index in [0.717, 1.165) is 77.6 Å². The second-order valence-corrected chi connectivity index (χ2v) is 13.0. The van der Waals surface area contributed by atoms with Crippen molar-refractivity contribution in [2.24, 2.45) is 4.99 Å². The number of pyridine rings is 1. The van der Waals surface area contributed by atoms with Crippen molar-refractivity contribution in [1.29, 1.82) is 0 Å². The summed E-state index contributed by atoms with van der Waals surface area (Å²) in [6, 6.07) is 62.0. The van der Waals surface area contributed by atoms with Gasteiger partial charge in [-0.25, -0.2) is 4.98 Å². The fourth-order valence-corrected chi connectivity index (χ4v) is 7.71. The van der Waals surface area contributed by atoms with Gasteiger partial charge in [0.05, 0.1) is 28.0 Å². The highest BCUT2D eigenvalue weighted by Gasteiger charge is 2.24. The van der Waals surface area contributed by atoms with Gasteiger partial charge >= 0.3 is 0 Å². The van der Waals surface area contributed by atoms with Crippen LogP contribution < -0.4 is 5.32 Å². The number of hydrogen-bond acceptors (Lipinski definition) is 3. The Kier molecular flexibility index (Phi) is 6.85. The Bertz CT molecular complexity index is 2810. The molecule has 2 aromatic heterocycles. The first-order valence-corrected chi connectivity index (χ1v) is 17.4. The van der Waals surface area contributed by atoms with E-state index in [9.17, 15) is 0 Å². The number of benzene rings is 7. The summed E-state index contributed by atoms with van der Waals surface area (Å²) in [6.45, 7) is 0. The molecule has 10 rings (SSSR count). The Morgan fingerprint density at radius 3 is 1.86 bits per heavy atom. The summed E-state index contributed by atoms with van der Waals surface area (Å²) < 4.78 is 2.40. The Morgan fingerprint density at radius 1 is 0.510 bits per heavy atom. The molecule has 1 aliphatic rings. The highest BCUT2D eigenvalue weighted by atomic mass is 15.1. The highest BCUT2D eigenvalue weighted by molar-refractivity contribution is 6.25. The molecule has 0 saturated heterocycles. The first-order chi connectivity index (χ1) is 25.3. The molecule has 0 radical (unpaired) electrons. The van der Waals surface area contributed by atoms with Crippen LogP contribution in [0, 0.1) is 0 Å². The van der Waals surface area contributed by atoms with E-state index in [1.807, 2.05) is 6.07 Å². The van der Waals surface area contributed by atoms with Gasteiger partial charge in [0.25, 0.3) is 0 Å². The summed E-state index contributed by atoms with van der Waals surface area (Å²) in [5.41, 5.74) is 11.8. The van der Waals surface area contributed by atoms with Gasteiger partial charge in [-0.15, -0.1) is 0 Å². The van der Waals surface area contributed by atoms with Crippen LogP contribution in [0.5, 0.6) is 0 Å². The summed E-state index contributed by atoms with van der Waals surface area (Å²) in [5.74, 6) is 0. The van der Waals surface area contributed by atoms with Crippen LogP contribution in [0.4, 0.5) is 0 Å². The molecule has 7 aromatic carbocycles. The first-order valence-electron chi connectivity index (χ1n) is 17.4. The molecule has 0 saturated carbocycles. The van der Waals surface area contributed by atoms with Gasteiger partial charge in [-0.3, -0.25) is 4.99 Å². The Morgan fingerprint density at radius 2 is 1.10 bits per heavy atom. The quantitative estimate of drug-likeness (QED) is 0.201. The summed E-state index contributed by atoms with van der Waals surface area (Å²) in [5, 5.41) is 9.45. The van der Waals surface area contributed by atoms with Crippen molar-refractivity contribution in [2.45, 2.75) is 6.17 Å². The molecule has 1 unspecified atom stereocenters. The number of nitrogens with zero attached hydrogens (tertiary/aromatic N) is 3. The third kappa shape index (κ3) is 4.84. The molecule has 1 N–H and O–H groups in total. The summed E-state index contributed by atoms with van der Waals surface area (Å²) in [6.07, 6.45) is 1.97. The molecule has 4 nitrogen and oxygen atoms in total. The average Bonchev–Trinajstić information content (AvgIpc) is 3.57. The molecule has 51 heavy (non-hydrogen) atoms.